The van der Waals surface area contributed by atoms with Crippen LogP contribution >= 0.6 is 0 Å². The molecule has 2 aromatic carbocycles. The molecule has 3 rings (SSSR count). The Morgan fingerprint density at radius 2 is 1.81 bits per heavy atom. The van der Waals surface area contributed by atoms with Crippen LogP contribution in [-0.2, 0) is 0 Å². The van der Waals surface area contributed by atoms with Crippen molar-refractivity contribution in [1.82, 2.24) is 4.98 Å². The van der Waals surface area contributed by atoms with E-state index in [4.69, 9.17) is 0 Å². The summed E-state index contributed by atoms with van der Waals surface area (Å²) in [5.74, 6) is 0.444. The van der Waals surface area contributed by atoms with Gasteiger partial charge in [0, 0.05) is 17.1 Å². The number of hydrogen-bond donors (Lipinski definition) is 0. The Balaban J connectivity index is 2.22. The zero-order valence-corrected chi connectivity index (χ0v) is 12.3. The first-order valence-electron chi connectivity index (χ1n) is 7.35. The van der Waals surface area contributed by atoms with Gasteiger partial charge >= 0.3 is 0 Å². The van der Waals surface area contributed by atoms with E-state index in [1.54, 1.807) is 0 Å². The maximum atomic E-state index is 4.65. The molecule has 0 radical (unpaired) electrons. The van der Waals surface area contributed by atoms with Crippen LogP contribution in [0.5, 0.6) is 0 Å². The third-order valence-corrected chi connectivity index (χ3v) is 3.94. The van der Waals surface area contributed by atoms with Gasteiger partial charge in [0.1, 0.15) is 0 Å². The third-order valence-electron chi connectivity index (χ3n) is 3.94. The van der Waals surface area contributed by atoms with Crippen LogP contribution in [0.2, 0.25) is 0 Å². The van der Waals surface area contributed by atoms with E-state index < -0.39 is 0 Å². The first-order chi connectivity index (χ1) is 10.3. The zero-order chi connectivity index (χ0) is 14.7. The molecule has 0 amide bonds. The molecular formula is C20H19N. The minimum Gasteiger partial charge on any atom is -0.256 e. The maximum Gasteiger partial charge on any atom is 0.0783 e. The number of hydrogen-bond acceptors (Lipinski definition) is 1. The van der Waals surface area contributed by atoms with Crippen molar-refractivity contribution in [2.75, 3.05) is 0 Å². The van der Waals surface area contributed by atoms with Gasteiger partial charge in [0.05, 0.1) is 5.69 Å². The molecule has 21 heavy (non-hydrogen) atoms. The van der Waals surface area contributed by atoms with Crippen LogP contribution in [0, 0.1) is 0 Å². The summed E-state index contributed by atoms with van der Waals surface area (Å²) in [4.78, 5) is 4.65. The average Bonchev–Trinajstić information content (AvgIpc) is 2.54. The predicted molar refractivity (Wildman–Crippen MR) is 90.4 cm³/mol. The molecule has 1 aromatic heterocycles. The smallest absolute Gasteiger partial charge is 0.0783 e. The summed E-state index contributed by atoms with van der Waals surface area (Å²) in [7, 11) is 0. The monoisotopic (exact) mass is 273 g/mol. The van der Waals surface area contributed by atoms with Crippen molar-refractivity contribution < 1.29 is 0 Å². The number of allylic oxidation sites excluding steroid dienone is 1. The predicted octanol–water partition coefficient (Wildman–Crippen LogP) is 5.58. The average molecular weight is 273 g/mol. The van der Waals surface area contributed by atoms with E-state index >= 15 is 0 Å². The van der Waals surface area contributed by atoms with Gasteiger partial charge in [-0.15, -0.1) is 6.58 Å². The lowest BCUT2D eigenvalue weighted by molar-refractivity contribution is 0.783. The van der Waals surface area contributed by atoms with Crippen LogP contribution in [-0.4, -0.2) is 4.98 Å². The zero-order valence-electron chi connectivity index (χ0n) is 12.3. The molecule has 1 atom stereocenters. The highest BCUT2D eigenvalue weighted by atomic mass is 14.7. The summed E-state index contributed by atoms with van der Waals surface area (Å²) in [6.07, 6.45) is 4.85. The number of fused-ring (bicyclic) bond motifs is 1. The standard InChI is InChI=1S/C20H19N/c1-3-8-15(2)17-10-6-7-12-19(17)20-18-11-5-4-9-16(18)13-14-21-20/h3-7,9-15H,1,8H2,2H3. The molecule has 0 saturated heterocycles. The molecule has 1 heteroatoms. The van der Waals surface area contributed by atoms with Gasteiger partial charge in [0.15, 0.2) is 0 Å². The molecule has 0 saturated carbocycles. The molecule has 0 bridgehead atoms. The van der Waals surface area contributed by atoms with Gasteiger partial charge in [-0.05, 0) is 29.4 Å². The minimum atomic E-state index is 0.444. The molecule has 0 aliphatic heterocycles. The molecule has 0 aliphatic rings. The molecule has 0 fully saturated rings. The van der Waals surface area contributed by atoms with Gasteiger partial charge in [0.2, 0.25) is 0 Å². The second-order valence-corrected chi connectivity index (χ2v) is 5.39. The fourth-order valence-corrected chi connectivity index (χ4v) is 2.85. The second kappa shape index (κ2) is 5.92. The summed E-state index contributed by atoms with van der Waals surface area (Å²) in [5, 5.41) is 2.44. The van der Waals surface area contributed by atoms with Crippen molar-refractivity contribution in [2.45, 2.75) is 19.3 Å². The Labute approximate surface area is 126 Å². The van der Waals surface area contributed by atoms with Gasteiger partial charge in [-0.25, -0.2) is 0 Å². The van der Waals surface area contributed by atoms with E-state index in [1.165, 1.54) is 21.9 Å². The van der Waals surface area contributed by atoms with Crippen LogP contribution in [0.25, 0.3) is 22.0 Å². The molecule has 3 aromatic rings. The topological polar surface area (TPSA) is 12.9 Å². The van der Waals surface area contributed by atoms with Gasteiger partial charge in [-0.2, -0.15) is 0 Å². The molecule has 1 nitrogen and oxygen atoms in total. The summed E-state index contributed by atoms with van der Waals surface area (Å²) >= 11 is 0. The van der Waals surface area contributed by atoms with Gasteiger partial charge in [-0.3, -0.25) is 4.98 Å². The van der Waals surface area contributed by atoms with Gasteiger partial charge < -0.3 is 0 Å². The third kappa shape index (κ3) is 2.59. The minimum absolute atomic E-state index is 0.444. The summed E-state index contributed by atoms with van der Waals surface area (Å²) in [6.45, 7) is 6.10. The van der Waals surface area contributed by atoms with E-state index in [9.17, 15) is 0 Å². The highest BCUT2D eigenvalue weighted by molar-refractivity contribution is 5.95. The lowest BCUT2D eigenvalue weighted by Crippen LogP contribution is -1.97. The largest absolute Gasteiger partial charge is 0.256 e. The Morgan fingerprint density at radius 1 is 1.05 bits per heavy atom. The van der Waals surface area contributed by atoms with Crippen molar-refractivity contribution in [3.63, 3.8) is 0 Å². The molecule has 0 spiro atoms. The van der Waals surface area contributed by atoms with E-state index in [1.807, 2.05) is 12.3 Å². The Morgan fingerprint density at radius 3 is 2.67 bits per heavy atom. The van der Waals surface area contributed by atoms with E-state index in [2.05, 4.69) is 73.1 Å². The van der Waals surface area contributed by atoms with Crippen LogP contribution in [0.4, 0.5) is 0 Å². The first kappa shape index (κ1) is 13.6. The fraction of sp³-hybridized carbons (Fsp3) is 0.150. The highest BCUT2D eigenvalue weighted by Gasteiger charge is 2.13. The summed E-state index contributed by atoms with van der Waals surface area (Å²) < 4.78 is 0. The van der Waals surface area contributed by atoms with Crippen molar-refractivity contribution in [2.24, 2.45) is 0 Å². The lowest BCUT2D eigenvalue weighted by atomic mass is 9.90. The molecule has 1 unspecified atom stereocenters. The molecule has 0 aliphatic carbocycles. The van der Waals surface area contributed by atoms with E-state index in [0.717, 1.165) is 12.1 Å². The van der Waals surface area contributed by atoms with Crippen LogP contribution in [0.1, 0.15) is 24.8 Å². The summed E-state index contributed by atoms with van der Waals surface area (Å²) in [5.41, 5.74) is 3.63. The number of rotatable bonds is 4. The Hall–Kier alpha value is -2.41. The van der Waals surface area contributed by atoms with Crippen molar-refractivity contribution in [1.29, 1.82) is 0 Å². The Kier molecular flexibility index (Phi) is 3.83. The summed E-state index contributed by atoms with van der Waals surface area (Å²) in [6, 6.07) is 19.0. The number of nitrogens with zero attached hydrogens (tertiary/aromatic N) is 1. The highest BCUT2D eigenvalue weighted by Crippen LogP contribution is 2.33. The van der Waals surface area contributed by atoms with E-state index in [0.29, 0.717) is 5.92 Å². The molecule has 104 valence electrons. The molecule has 0 N–H and O–H groups in total. The van der Waals surface area contributed by atoms with Crippen LogP contribution in [0.15, 0.2) is 73.4 Å². The lowest BCUT2D eigenvalue weighted by Gasteiger charge is -2.16. The molecular weight excluding hydrogens is 254 g/mol. The number of benzene rings is 2. The van der Waals surface area contributed by atoms with Crippen molar-refractivity contribution in [3.05, 3.63) is 79.0 Å². The second-order valence-electron chi connectivity index (χ2n) is 5.39. The SMILES string of the molecule is C=CCC(C)c1ccccc1-c1nccc2ccccc12. The molecule has 1 heterocycles. The van der Waals surface area contributed by atoms with Crippen LogP contribution < -0.4 is 0 Å². The Bertz CT molecular complexity index is 768. The number of pyridine rings is 1. The fourth-order valence-electron chi connectivity index (χ4n) is 2.85. The van der Waals surface area contributed by atoms with Gasteiger partial charge in [0.25, 0.3) is 0 Å². The van der Waals surface area contributed by atoms with E-state index in [-0.39, 0.29) is 0 Å². The van der Waals surface area contributed by atoms with Crippen molar-refractivity contribution in [3.8, 4) is 11.3 Å². The normalized spacial score (nSPS) is 12.2. The maximum absolute atomic E-state index is 4.65. The quantitative estimate of drug-likeness (QED) is 0.565. The van der Waals surface area contributed by atoms with Gasteiger partial charge in [-0.1, -0.05) is 61.5 Å². The van der Waals surface area contributed by atoms with Crippen LogP contribution in [0.3, 0.4) is 0 Å². The number of aromatic nitrogens is 1. The van der Waals surface area contributed by atoms with Crippen molar-refractivity contribution >= 4 is 10.8 Å². The first-order valence-corrected chi connectivity index (χ1v) is 7.35.